The summed E-state index contributed by atoms with van der Waals surface area (Å²) in [5, 5.41) is 5.68. The van der Waals surface area contributed by atoms with Crippen molar-refractivity contribution in [2.24, 2.45) is 11.8 Å². The molecule has 2 amide bonds. The van der Waals surface area contributed by atoms with Crippen LogP contribution in [0.1, 0.15) is 45.0 Å². The normalized spacial score (nSPS) is 13.2. The second-order valence-corrected chi connectivity index (χ2v) is 7.29. The maximum atomic E-state index is 12.4. The van der Waals surface area contributed by atoms with Gasteiger partial charge in [-0.1, -0.05) is 51.4 Å². The zero-order chi connectivity index (χ0) is 19.9. The van der Waals surface area contributed by atoms with E-state index in [2.05, 4.69) is 10.6 Å². The highest BCUT2D eigenvalue weighted by atomic mass is 35.5. The first-order valence-corrected chi connectivity index (χ1v) is 9.02. The number of amides is 2. The van der Waals surface area contributed by atoms with Crippen LogP contribution in [0.25, 0.3) is 0 Å². The fraction of sp³-hybridized carbons (Fsp3) is 0.526. The molecule has 7 heteroatoms. The van der Waals surface area contributed by atoms with Gasteiger partial charge in [-0.2, -0.15) is 0 Å². The number of halogens is 1. The molecule has 1 unspecified atom stereocenters. The number of nitrogens with one attached hydrogen (secondary N) is 2. The summed E-state index contributed by atoms with van der Waals surface area (Å²) in [6.07, 6.45) is 0. The maximum absolute atomic E-state index is 12.4. The largest absolute Gasteiger partial charge is 0.454 e. The lowest BCUT2D eigenvalue weighted by molar-refractivity contribution is -0.151. The van der Waals surface area contributed by atoms with E-state index in [0.29, 0.717) is 5.02 Å². The van der Waals surface area contributed by atoms with Crippen LogP contribution in [0.4, 0.5) is 0 Å². The molecule has 1 aromatic carbocycles. The SMILES string of the molecule is CC(C)C(C)NC(=O)COC(=O)[C@@H](NC(=O)c1ccccc1Cl)C(C)C. The Labute approximate surface area is 159 Å². The molecule has 0 fully saturated rings. The Morgan fingerprint density at radius 3 is 2.15 bits per heavy atom. The maximum Gasteiger partial charge on any atom is 0.329 e. The predicted molar refractivity (Wildman–Crippen MR) is 101 cm³/mol. The van der Waals surface area contributed by atoms with Crippen molar-refractivity contribution in [2.45, 2.75) is 46.7 Å². The van der Waals surface area contributed by atoms with Crippen LogP contribution in [0.3, 0.4) is 0 Å². The Balaban J connectivity index is 2.66. The van der Waals surface area contributed by atoms with Crippen LogP contribution in [0.15, 0.2) is 24.3 Å². The van der Waals surface area contributed by atoms with Gasteiger partial charge in [-0.25, -0.2) is 4.79 Å². The number of benzene rings is 1. The molecule has 1 aromatic rings. The smallest absolute Gasteiger partial charge is 0.329 e. The molecule has 0 saturated carbocycles. The molecule has 0 aliphatic rings. The summed E-state index contributed by atoms with van der Waals surface area (Å²) in [5.74, 6) is -1.45. The van der Waals surface area contributed by atoms with E-state index in [-0.39, 0.29) is 36.0 Å². The highest BCUT2D eigenvalue weighted by molar-refractivity contribution is 6.33. The van der Waals surface area contributed by atoms with Crippen LogP contribution in [-0.4, -0.2) is 36.5 Å². The van der Waals surface area contributed by atoms with Crippen molar-refractivity contribution in [3.05, 3.63) is 34.9 Å². The standard InChI is InChI=1S/C19H27ClN2O4/c1-11(2)13(5)21-16(23)10-26-19(25)17(12(3)4)22-18(24)14-8-6-7-9-15(14)20/h6-9,11-13,17H,10H2,1-5H3,(H,21,23)(H,22,24)/t13?,17-/m0/s1. The summed E-state index contributed by atoms with van der Waals surface area (Å²) in [7, 11) is 0. The number of hydrogen-bond donors (Lipinski definition) is 2. The number of carbonyl (C=O) groups is 3. The molecule has 1 rings (SSSR count). The van der Waals surface area contributed by atoms with E-state index in [1.165, 1.54) is 0 Å². The Bertz CT molecular complexity index is 646. The minimum Gasteiger partial charge on any atom is -0.454 e. The van der Waals surface area contributed by atoms with Crippen LogP contribution in [0, 0.1) is 11.8 Å². The Kier molecular flexibility index (Phi) is 8.58. The van der Waals surface area contributed by atoms with E-state index in [1.807, 2.05) is 20.8 Å². The van der Waals surface area contributed by atoms with E-state index < -0.39 is 17.9 Å². The summed E-state index contributed by atoms with van der Waals surface area (Å²) in [6, 6.07) is 5.66. The highest BCUT2D eigenvalue weighted by Crippen LogP contribution is 2.15. The summed E-state index contributed by atoms with van der Waals surface area (Å²) < 4.78 is 5.08. The molecule has 144 valence electrons. The first-order chi connectivity index (χ1) is 12.1. The van der Waals surface area contributed by atoms with E-state index >= 15 is 0 Å². The van der Waals surface area contributed by atoms with Crippen molar-refractivity contribution in [3.63, 3.8) is 0 Å². The molecule has 0 saturated heterocycles. The van der Waals surface area contributed by atoms with Crippen LogP contribution >= 0.6 is 11.6 Å². The van der Waals surface area contributed by atoms with Gasteiger partial charge < -0.3 is 15.4 Å². The van der Waals surface area contributed by atoms with Crippen molar-refractivity contribution in [1.82, 2.24) is 10.6 Å². The monoisotopic (exact) mass is 382 g/mol. The van der Waals surface area contributed by atoms with E-state index in [9.17, 15) is 14.4 Å². The van der Waals surface area contributed by atoms with Crippen LogP contribution in [0.5, 0.6) is 0 Å². The Morgan fingerprint density at radius 1 is 1.00 bits per heavy atom. The second-order valence-electron chi connectivity index (χ2n) is 6.88. The van der Waals surface area contributed by atoms with Gasteiger partial charge in [0, 0.05) is 6.04 Å². The van der Waals surface area contributed by atoms with Crippen LogP contribution < -0.4 is 10.6 Å². The van der Waals surface area contributed by atoms with Gasteiger partial charge in [-0.05, 0) is 30.9 Å². The predicted octanol–water partition coefficient (Wildman–Crippen LogP) is 2.80. The van der Waals surface area contributed by atoms with Crippen molar-refractivity contribution < 1.29 is 19.1 Å². The number of carbonyl (C=O) groups excluding carboxylic acids is 3. The topological polar surface area (TPSA) is 84.5 Å². The first-order valence-electron chi connectivity index (χ1n) is 8.64. The molecule has 0 aliphatic carbocycles. The van der Waals surface area contributed by atoms with Crippen molar-refractivity contribution in [3.8, 4) is 0 Å². The third kappa shape index (κ3) is 6.67. The van der Waals surface area contributed by atoms with Gasteiger partial charge in [0.25, 0.3) is 11.8 Å². The Hall–Kier alpha value is -2.08. The van der Waals surface area contributed by atoms with Gasteiger partial charge in [0.05, 0.1) is 10.6 Å². The van der Waals surface area contributed by atoms with Gasteiger partial charge >= 0.3 is 5.97 Å². The zero-order valence-electron chi connectivity index (χ0n) is 15.8. The number of rotatable bonds is 8. The first kappa shape index (κ1) is 22.0. The van der Waals surface area contributed by atoms with Crippen LogP contribution in [0.2, 0.25) is 5.02 Å². The van der Waals surface area contributed by atoms with Gasteiger partial charge in [-0.3, -0.25) is 9.59 Å². The second kappa shape index (κ2) is 10.2. The molecule has 0 aliphatic heterocycles. The molecule has 0 bridgehead atoms. The molecule has 0 aromatic heterocycles. The molecule has 0 radical (unpaired) electrons. The zero-order valence-corrected chi connectivity index (χ0v) is 16.6. The lowest BCUT2D eigenvalue weighted by Gasteiger charge is -2.22. The number of hydrogen-bond acceptors (Lipinski definition) is 4. The lowest BCUT2D eigenvalue weighted by atomic mass is 10.0. The quantitative estimate of drug-likeness (QED) is 0.677. The molecule has 2 atom stereocenters. The van der Waals surface area contributed by atoms with E-state index in [1.54, 1.807) is 38.1 Å². The fourth-order valence-corrected chi connectivity index (χ4v) is 2.27. The van der Waals surface area contributed by atoms with Gasteiger partial charge in [0.1, 0.15) is 6.04 Å². The molecule has 2 N–H and O–H groups in total. The molecule has 0 heterocycles. The molecule has 0 spiro atoms. The minimum absolute atomic E-state index is 0.0259. The van der Waals surface area contributed by atoms with E-state index in [0.717, 1.165) is 0 Å². The molecule has 26 heavy (non-hydrogen) atoms. The highest BCUT2D eigenvalue weighted by Gasteiger charge is 2.27. The fourth-order valence-electron chi connectivity index (χ4n) is 2.05. The third-order valence-corrected chi connectivity index (χ3v) is 4.39. The average Bonchev–Trinajstić information content (AvgIpc) is 2.57. The van der Waals surface area contributed by atoms with Crippen molar-refractivity contribution >= 4 is 29.4 Å². The average molecular weight is 383 g/mol. The summed E-state index contributed by atoms with van der Waals surface area (Å²) in [6.45, 7) is 9.01. The summed E-state index contributed by atoms with van der Waals surface area (Å²) in [5.41, 5.74) is 0.274. The van der Waals surface area contributed by atoms with Crippen molar-refractivity contribution in [1.29, 1.82) is 0 Å². The third-order valence-electron chi connectivity index (χ3n) is 4.06. The van der Waals surface area contributed by atoms with Gasteiger partial charge in [0.2, 0.25) is 0 Å². The van der Waals surface area contributed by atoms with E-state index in [4.69, 9.17) is 16.3 Å². The number of ether oxygens (including phenoxy) is 1. The lowest BCUT2D eigenvalue weighted by Crippen LogP contribution is -2.46. The summed E-state index contributed by atoms with van der Waals surface area (Å²) in [4.78, 5) is 36.5. The van der Waals surface area contributed by atoms with Gasteiger partial charge in [0.15, 0.2) is 6.61 Å². The Morgan fingerprint density at radius 2 is 1.62 bits per heavy atom. The van der Waals surface area contributed by atoms with Crippen molar-refractivity contribution in [2.75, 3.05) is 6.61 Å². The molecule has 6 nitrogen and oxygen atoms in total. The molecular weight excluding hydrogens is 356 g/mol. The van der Waals surface area contributed by atoms with Crippen LogP contribution in [-0.2, 0) is 14.3 Å². The number of esters is 1. The minimum atomic E-state index is -0.880. The van der Waals surface area contributed by atoms with Gasteiger partial charge in [-0.15, -0.1) is 0 Å². The molecular formula is C19H27ClN2O4. The summed E-state index contributed by atoms with van der Waals surface area (Å²) >= 11 is 6.01.